The first kappa shape index (κ1) is 19.2. The first-order valence-electron chi connectivity index (χ1n) is 8.39. The molecule has 27 heavy (non-hydrogen) atoms. The minimum Gasteiger partial charge on any atom is -0.334 e. The second-order valence-corrected chi connectivity index (χ2v) is 6.08. The van der Waals surface area contributed by atoms with Gasteiger partial charge in [-0.2, -0.15) is 13.2 Å². The third-order valence-electron chi connectivity index (χ3n) is 4.09. The lowest BCUT2D eigenvalue weighted by Gasteiger charge is -2.28. The molecule has 0 fully saturated rings. The third-order valence-corrected chi connectivity index (χ3v) is 4.40. The number of alkyl halides is 3. The predicted octanol–water partition coefficient (Wildman–Crippen LogP) is 4.11. The van der Waals surface area contributed by atoms with Gasteiger partial charge in [0.1, 0.15) is 5.52 Å². The Bertz CT molecular complexity index is 979. The van der Waals surface area contributed by atoms with E-state index in [1.54, 1.807) is 18.2 Å². The molecule has 144 valence electrons. The van der Waals surface area contributed by atoms with Crippen LogP contribution in [0.1, 0.15) is 36.0 Å². The van der Waals surface area contributed by atoms with Crippen LogP contribution in [0.25, 0.3) is 11.0 Å². The normalized spacial score (nSPS) is 13.9. The van der Waals surface area contributed by atoms with Crippen LogP contribution < -0.4 is 0 Å². The molecule has 3 heterocycles. The van der Waals surface area contributed by atoms with Gasteiger partial charge in [0, 0.05) is 13.1 Å². The van der Waals surface area contributed by atoms with Crippen LogP contribution in [0.2, 0.25) is 5.02 Å². The van der Waals surface area contributed by atoms with Gasteiger partial charge in [0.2, 0.25) is 5.82 Å². The van der Waals surface area contributed by atoms with Gasteiger partial charge in [-0.3, -0.25) is 4.79 Å². The fourth-order valence-corrected chi connectivity index (χ4v) is 3.15. The van der Waals surface area contributed by atoms with Gasteiger partial charge in [0.05, 0.1) is 29.0 Å². The van der Waals surface area contributed by atoms with Gasteiger partial charge in [-0.25, -0.2) is 9.97 Å². The maximum atomic E-state index is 12.9. The van der Waals surface area contributed by atoms with E-state index in [0.717, 1.165) is 10.8 Å². The molecule has 0 bridgehead atoms. The van der Waals surface area contributed by atoms with Crippen LogP contribution >= 0.6 is 11.6 Å². The van der Waals surface area contributed by atoms with Crippen molar-refractivity contribution in [2.24, 2.45) is 0 Å². The Hall–Kier alpha value is -2.55. The largest absolute Gasteiger partial charge is 0.449 e. The van der Waals surface area contributed by atoms with Crippen LogP contribution in [0, 0.1) is 0 Å². The van der Waals surface area contributed by atoms with Crippen molar-refractivity contribution < 1.29 is 18.0 Å². The number of aromatic nitrogens is 4. The summed E-state index contributed by atoms with van der Waals surface area (Å²) in [6.07, 6.45) is -3.36. The lowest BCUT2D eigenvalue weighted by molar-refractivity contribution is -0.147. The van der Waals surface area contributed by atoms with Gasteiger partial charge < -0.3 is 14.5 Å². The molecular formula is C17H17ClF3N5O. The predicted molar refractivity (Wildman–Crippen MR) is 94.4 cm³/mol. The van der Waals surface area contributed by atoms with Crippen LogP contribution in [0.4, 0.5) is 13.2 Å². The fourth-order valence-electron chi connectivity index (χ4n) is 2.93. The highest BCUT2D eigenvalue weighted by atomic mass is 35.5. The number of benzene rings is 1. The molecule has 1 N–H and O–H groups in total. The summed E-state index contributed by atoms with van der Waals surface area (Å²) in [5.74, 6) is -1.23. The van der Waals surface area contributed by atoms with E-state index >= 15 is 0 Å². The summed E-state index contributed by atoms with van der Waals surface area (Å²) in [6, 6.07) is 5.14. The number of amides is 1. The highest BCUT2D eigenvalue weighted by Gasteiger charge is 2.39. The molecule has 0 atom stereocenters. The third kappa shape index (κ3) is 3.51. The topological polar surface area (TPSA) is 66.8 Å². The van der Waals surface area contributed by atoms with E-state index in [2.05, 4.69) is 15.0 Å². The Kier molecular flexibility index (Phi) is 5.14. The number of aromatic amines is 1. The van der Waals surface area contributed by atoms with Crippen molar-refractivity contribution in [2.45, 2.75) is 33.1 Å². The number of carbonyl (C=O) groups is 1. The molecule has 0 aliphatic carbocycles. The number of hydrogen-bond acceptors (Lipinski definition) is 3. The SMILES string of the molecule is CC.O=C(c1nc2c(Cl)cccc2[nH]1)N1CCn2c(cnc2C(F)(F)F)C1. The van der Waals surface area contributed by atoms with Gasteiger partial charge in [-0.05, 0) is 12.1 Å². The number of carbonyl (C=O) groups excluding carboxylic acids is 1. The molecule has 10 heteroatoms. The van der Waals surface area contributed by atoms with Crippen LogP contribution in [0.15, 0.2) is 24.4 Å². The second-order valence-electron chi connectivity index (χ2n) is 5.67. The molecule has 6 nitrogen and oxygen atoms in total. The van der Waals surface area contributed by atoms with E-state index in [1.807, 2.05) is 13.8 Å². The summed E-state index contributed by atoms with van der Waals surface area (Å²) in [5, 5.41) is 0.416. The number of para-hydroxylation sites is 1. The number of H-pyrrole nitrogens is 1. The van der Waals surface area contributed by atoms with Crippen LogP contribution in [0.5, 0.6) is 0 Å². The minimum absolute atomic E-state index is 0.0247. The number of hydrogen-bond donors (Lipinski definition) is 1. The van der Waals surface area contributed by atoms with Crippen molar-refractivity contribution in [2.75, 3.05) is 6.54 Å². The Morgan fingerprint density at radius 3 is 2.67 bits per heavy atom. The van der Waals surface area contributed by atoms with Crippen molar-refractivity contribution in [3.8, 4) is 0 Å². The first-order valence-corrected chi connectivity index (χ1v) is 8.77. The summed E-state index contributed by atoms with van der Waals surface area (Å²) in [6.45, 7) is 4.19. The van der Waals surface area contributed by atoms with Gasteiger partial charge in [0.15, 0.2) is 5.82 Å². The molecule has 0 radical (unpaired) electrons. The first-order chi connectivity index (χ1) is 12.8. The van der Waals surface area contributed by atoms with Crippen LogP contribution in [-0.4, -0.2) is 36.9 Å². The van der Waals surface area contributed by atoms with E-state index in [9.17, 15) is 18.0 Å². The molecule has 0 saturated heterocycles. The van der Waals surface area contributed by atoms with Crippen LogP contribution in [-0.2, 0) is 19.3 Å². The molecule has 0 unspecified atom stereocenters. The smallest absolute Gasteiger partial charge is 0.334 e. The number of rotatable bonds is 1. The summed E-state index contributed by atoms with van der Waals surface area (Å²) in [7, 11) is 0. The quantitative estimate of drug-likeness (QED) is 0.669. The average Bonchev–Trinajstić information content (AvgIpc) is 3.27. The fraction of sp³-hybridized carbons (Fsp3) is 0.353. The van der Waals surface area contributed by atoms with Gasteiger partial charge in [-0.15, -0.1) is 0 Å². The maximum Gasteiger partial charge on any atom is 0.449 e. The summed E-state index contributed by atoms with van der Waals surface area (Å²) in [4.78, 5) is 24.6. The summed E-state index contributed by atoms with van der Waals surface area (Å²) in [5.41, 5.74) is 1.44. The Labute approximate surface area is 158 Å². The monoisotopic (exact) mass is 399 g/mol. The molecule has 1 amide bonds. The van der Waals surface area contributed by atoms with Gasteiger partial charge in [0.25, 0.3) is 5.91 Å². The van der Waals surface area contributed by atoms with E-state index in [-0.39, 0.29) is 25.5 Å². The molecule has 2 aromatic heterocycles. The highest BCUT2D eigenvalue weighted by Crippen LogP contribution is 2.30. The van der Waals surface area contributed by atoms with Crippen molar-refractivity contribution in [1.82, 2.24) is 24.4 Å². The zero-order valence-electron chi connectivity index (χ0n) is 14.6. The Morgan fingerprint density at radius 1 is 1.26 bits per heavy atom. The van der Waals surface area contributed by atoms with Gasteiger partial charge >= 0.3 is 6.18 Å². The number of nitrogens with one attached hydrogen (secondary N) is 1. The number of fused-ring (bicyclic) bond motifs is 2. The Balaban J connectivity index is 0.00000102. The number of nitrogens with zero attached hydrogens (tertiary/aromatic N) is 4. The Morgan fingerprint density at radius 2 is 2.00 bits per heavy atom. The standard InChI is InChI=1S/C15H11ClF3N5O.C2H6/c16-9-2-1-3-10-11(9)22-12(21-10)13(25)23-4-5-24-8(7-23)6-20-14(24)15(17,18)19;1-2/h1-3,6H,4-5,7H2,(H,21,22);1-2H3. The lowest BCUT2D eigenvalue weighted by Crippen LogP contribution is -2.39. The van der Waals surface area contributed by atoms with Crippen LogP contribution in [0.3, 0.4) is 0 Å². The molecule has 3 aromatic rings. The van der Waals surface area contributed by atoms with Crippen molar-refractivity contribution in [3.05, 3.63) is 46.8 Å². The number of halogens is 4. The summed E-state index contributed by atoms with van der Waals surface area (Å²) >= 11 is 6.05. The molecule has 1 aliphatic rings. The minimum atomic E-state index is -4.51. The zero-order chi connectivity index (χ0) is 19.8. The van der Waals surface area contributed by atoms with E-state index in [0.29, 0.717) is 21.7 Å². The highest BCUT2D eigenvalue weighted by molar-refractivity contribution is 6.35. The van der Waals surface area contributed by atoms with E-state index in [1.165, 1.54) is 4.90 Å². The molecular weight excluding hydrogens is 383 g/mol. The van der Waals surface area contributed by atoms with Gasteiger partial charge in [-0.1, -0.05) is 31.5 Å². The van der Waals surface area contributed by atoms with E-state index in [4.69, 9.17) is 11.6 Å². The average molecular weight is 400 g/mol. The molecule has 1 aromatic carbocycles. The molecule has 1 aliphatic heterocycles. The molecule has 4 rings (SSSR count). The molecule has 0 saturated carbocycles. The van der Waals surface area contributed by atoms with E-state index < -0.39 is 17.9 Å². The number of imidazole rings is 2. The van der Waals surface area contributed by atoms with Crippen molar-refractivity contribution in [1.29, 1.82) is 0 Å². The summed E-state index contributed by atoms with van der Waals surface area (Å²) < 4.78 is 39.8. The zero-order valence-corrected chi connectivity index (χ0v) is 15.4. The van der Waals surface area contributed by atoms with Crippen molar-refractivity contribution in [3.63, 3.8) is 0 Å². The second kappa shape index (κ2) is 7.22. The lowest BCUT2D eigenvalue weighted by atomic mass is 10.3. The molecule has 0 spiro atoms. The maximum absolute atomic E-state index is 12.9. The van der Waals surface area contributed by atoms with Crippen molar-refractivity contribution >= 4 is 28.5 Å².